The summed E-state index contributed by atoms with van der Waals surface area (Å²) in [6, 6.07) is 0. The Labute approximate surface area is 96.4 Å². The first-order valence-corrected chi connectivity index (χ1v) is 6.01. The minimum absolute atomic E-state index is 0.0229. The molecule has 0 unspecified atom stereocenters. The van der Waals surface area contributed by atoms with Gasteiger partial charge in [-0.1, -0.05) is 41.5 Å². The lowest BCUT2D eigenvalue weighted by Gasteiger charge is -2.36. The molecule has 0 spiro atoms. The zero-order chi connectivity index (χ0) is 12.5. The van der Waals surface area contributed by atoms with E-state index in [1.165, 1.54) is 5.71 Å². The van der Waals surface area contributed by atoms with E-state index in [4.69, 9.17) is 4.99 Å². The van der Waals surface area contributed by atoms with Crippen molar-refractivity contribution in [2.75, 3.05) is 0 Å². The zero-order valence-corrected chi connectivity index (χ0v) is 12.2. The van der Waals surface area contributed by atoms with E-state index in [0.29, 0.717) is 0 Å². The summed E-state index contributed by atoms with van der Waals surface area (Å²) in [5.74, 6) is 0. The molecule has 0 saturated carbocycles. The molecule has 0 aromatic heterocycles. The summed E-state index contributed by atoms with van der Waals surface area (Å²) >= 11 is 0. The summed E-state index contributed by atoms with van der Waals surface area (Å²) in [6.45, 7) is 20.1. The predicted molar refractivity (Wildman–Crippen MR) is 70.7 cm³/mol. The molecule has 0 atom stereocenters. The third-order valence-corrected chi connectivity index (χ3v) is 2.68. The second-order valence-electron chi connectivity index (χ2n) is 7.12. The van der Waals surface area contributed by atoms with Gasteiger partial charge in [0, 0.05) is 16.5 Å². The Morgan fingerprint density at radius 3 is 1.47 bits per heavy atom. The highest BCUT2D eigenvalue weighted by molar-refractivity contribution is 5.94. The SMILES string of the molecule is CCC(C)(C)/C(=N\C(C)(C)C)C(C)(C)C. The molecule has 0 aliphatic carbocycles. The number of hydrogen-bond donors (Lipinski definition) is 0. The van der Waals surface area contributed by atoms with Crippen molar-refractivity contribution >= 4 is 5.71 Å². The smallest absolute Gasteiger partial charge is 0.0523 e. The minimum atomic E-state index is 0.0229. The summed E-state index contributed by atoms with van der Waals surface area (Å²) in [4.78, 5) is 4.94. The van der Waals surface area contributed by atoms with E-state index in [2.05, 4.69) is 62.3 Å². The molecule has 15 heavy (non-hydrogen) atoms. The molecule has 0 aliphatic heterocycles. The van der Waals surface area contributed by atoms with Crippen LogP contribution in [0.4, 0.5) is 0 Å². The van der Waals surface area contributed by atoms with Crippen molar-refractivity contribution in [3.8, 4) is 0 Å². The van der Waals surface area contributed by atoms with Crippen molar-refractivity contribution < 1.29 is 0 Å². The average molecular weight is 211 g/mol. The standard InChI is InChI=1S/C14H29N/c1-10-14(8,9)11(12(2,3)4)15-13(5,6)7/h10H2,1-9H3/b15-11-. The Morgan fingerprint density at radius 2 is 1.27 bits per heavy atom. The van der Waals surface area contributed by atoms with E-state index in [9.17, 15) is 0 Å². The molecule has 0 aromatic rings. The van der Waals surface area contributed by atoms with Gasteiger partial charge in [0.2, 0.25) is 0 Å². The monoisotopic (exact) mass is 211 g/mol. The highest BCUT2D eigenvalue weighted by atomic mass is 14.9. The van der Waals surface area contributed by atoms with E-state index >= 15 is 0 Å². The maximum Gasteiger partial charge on any atom is 0.0523 e. The van der Waals surface area contributed by atoms with Crippen LogP contribution in [-0.2, 0) is 0 Å². The topological polar surface area (TPSA) is 12.4 Å². The highest BCUT2D eigenvalue weighted by Gasteiger charge is 2.33. The lowest BCUT2D eigenvalue weighted by atomic mass is 9.72. The molecule has 0 N–H and O–H groups in total. The van der Waals surface area contributed by atoms with Crippen molar-refractivity contribution in [3.63, 3.8) is 0 Å². The fourth-order valence-electron chi connectivity index (χ4n) is 1.84. The summed E-state index contributed by atoms with van der Waals surface area (Å²) in [7, 11) is 0. The van der Waals surface area contributed by atoms with Crippen LogP contribution in [0.25, 0.3) is 0 Å². The molecule has 0 aromatic carbocycles. The quantitative estimate of drug-likeness (QED) is 0.587. The zero-order valence-electron chi connectivity index (χ0n) is 12.2. The van der Waals surface area contributed by atoms with Crippen LogP contribution in [0, 0.1) is 10.8 Å². The maximum atomic E-state index is 4.94. The van der Waals surface area contributed by atoms with E-state index in [-0.39, 0.29) is 16.4 Å². The lowest BCUT2D eigenvalue weighted by molar-refractivity contribution is 0.417. The second kappa shape index (κ2) is 4.27. The first-order valence-electron chi connectivity index (χ1n) is 6.01. The van der Waals surface area contributed by atoms with Gasteiger partial charge in [-0.05, 0) is 27.2 Å². The fraction of sp³-hybridized carbons (Fsp3) is 0.929. The first kappa shape index (κ1) is 14.7. The Morgan fingerprint density at radius 1 is 0.867 bits per heavy atom. The minimum Gasteiger partial charge on any atom is -0.287 e. The molecule has 0 amide bonds. The van der Waals surface area contributed by atoms with Crippen molar-refractivity contribution in [3.05, 3.63) is 0 Å². The Bertz CT molecular complexity index is 233. The van der Waals surface area contributed by atoms with E-state index in [0.717, 1.165) is 6.42 Å². The fourth-order valence-corrected chi connectivity index (χ4v) is 1.84. The Hall–Kier alpha value is -0.330. The van der Waals surface area contributed by atoms with Gasteiger partial charge in [0.25, 0.3) is 0 Å². The van der Waals surface area contributed by atoms with Crippen LogP contribution >= 0.6 is 0 Å². The van der Waals surface area contributed by atoms with Crippen molar-refractivity contribution in [2.24, 2.45) is 15.8 Å². The number of hydrogen-bond acceptors (Lipinski definition) is 1. The van der Waals surface area contributed by atoms with Gasteiger partial charge in [-0.25, -0.2) is 0 Å². The van der Waals surface area contributed by atoms with E-state index in [1.807, 2.05) is 0 Å². The molecule has 0 rings (SSSR count). The van der Waals surface area contributed by atoms with Gasteiger partial charge in [-0.2, -0.15) is 0 Å². The molecule has 0 aliphatic rings. The van der Waals surface area contributed by atoms with Gasteiger partial charge >= 0.3 is 0 Å². The summed E-state index contributed by atoms with van der Waals surface area (Å²) in [5, 5.41) is 0. The van der Waals surface area contributed by atoms with Crippen molar-refractivity contribution in [1.29, 1.82) is 0 Å². The normalized spacial score (nSPS) is 15.7. The second-order valence-corrected chi connectivity index (χ2v) is 7.12. The molecule has 0 radical (unpaired) electrons. The van der Waals surface area contributed by atoms with Crippen LogP contribution in [0.1, 0.15) is 68.7 Å². The molecule has 0 heterocycles. The Kier molecular flexibility index (Phi) is 4.18. The molecule has 0 fully saturated rings. The maximum absolute atomic E-state index is 4.94. The largest absolute Gasteiger partial charge is 0.287 e. The molecule has 90 valence electrons. The lowest BCUT2D eigenvalue weighted by Crippen LogP contribution is -2.37. The molecular weight excluding hydrogens is 182 g/mol. The highest BCUT2D eigenvalue weighted by Crippen LogP contribution is 2.34. The molecule has 1 nitrogen and oxygen atoms in total. The molecular formula is C14H29N. The average Bonchev–Trinajstić information content (AvgIpc) is 1.96. The van der Waals surface area contributed by atoms with Crippen LogP contribution in [0.15, 0.2) is 4.99 Å². The number of aliphatic imine (C=N–C) groups is 1. The third-order valence-electron chi connectivity index (χ3n) is 2.68. The van der Waals surface area contributed by atoms with E-state index in [1.54, 1.807) is 0 Å². The van der Waals surface area contributed by atoms with Crippen LogP contribution < -0.4 is 0 Å². The van der Waals surface area contributed by atoms with Crippen LogP contribution in [0.5, 0.6) is 0 Å². The van der Waals surface area contributed by atoms with E-state index < -0.39 is 0 Å². The van der Waals surface area contributed by atoms with Gasteiger partial charge in [-0.15, -0.1) is 0 Å². The summed E-state index contributed by atoms with van der Waals surface area (Å²) in [6.07, 6.45) is 1.14. The molecule has 0 bridgehead atoms. The van der Waals surface area contributed by atoms with Gasteiger partial charge < -0.3 is 0 Å². The first-order chi connectivity index (χ1) is 6.40. The van der Waals surface area contributed by atoms with Crippen LogP contribution in [0.3, 0.4) is 0 Å². The van der Waals surface area contributed by atoms with Gasteiger partial charge in [0.05, 0.1) is 5.54 Å². The van der Waals surface area contributed by atoms with Crippen LogP contribution in [0.2, 0.25) is 0 Å². The summed E-state index contributed by atoms with van der Waals surface area (Å²) < 4.78 is 0. The van der Waals surface area contributed by atoms with Crippen molar-refractivity contribution in [2.45, 2.75) is 74.3 Å². The number of rotatable bonds is 2. The van der Waals surface area contributed by atoms with Gasteiger partial charge in [0.1, 0.15) is 0 Å². The van der Waals surface area contributed by atoms with Crippen LogP contribution in [-0.4, -0.2) is 11.3 Å². The third kappa shape index (κ3) is 4.81. The Balaban J connectivity index is 5.38. The van der Waals surface area contributed by atoms with Crippen molar-refractivity contribution in [1.82, 2.24) is 0 Å². The van der Waals surface area contributed by atoms with Gasteiger partial charge in [0.15, 0.2) is 0 Å². The molecule has 0 saturated heterocycles. The molecule has 1 heteroatoms. The van der Waals surface area contributed by atoms with Gasteiger partial charge in [-0.3, -0.25) is 4.99 Å². The number of nitrogens with zero attached hydrogens (tertiary/aromatic N) is 1. The predicted octanol–water partition coefficient (Wildman–Crippen LogP) is 4.71. The summed E-state index contributed by atoms with van der Waals surface area (Å²) in [5.41, 5.74) is 1.72.